The van der Waals surface area contributed by atoms with E-state index in [-0.39, 0.29) is 0 Å². The van der Waals surface area contributed by atoms with Crippen molar-refractivity contribution in [1.29, 1.82) is 0 Å². The fourth-order valence-electron chi connectivity index (χ4n) is 2.58. The van der Waals surface area contributed by atoms with Gasteiger partial charge < -0.3 is 8.98 Å². The van der Waals surface area contributed by atoms with Crippen LogP contribution in [0.3, 0.4) is 0 Å². The normalized spacial score (nSPS) is 11.6. The van der Waals surface area contributed by atoms with Crippen LogP contribution in [0.25, 0.3) is 22.3 Å². The Balaban J connectivity index is 1.79. The van der Waals surface area contributed by atoms with Gasteiger partial charge in [-0.25, -0.2) is 18.7 Å². The van der Waals surface area contributed by atoms with Crippen LogP contribution in [0, 0.1) is 6.92 Å². The van der Waals surface area contributed by atoms with E-state index in [2.05, 4.69) is 20.2 Å². The van der Waals surface area contributed by atoms with Gasteiger partial charge in [0.25, 0.3) is 6.43 Å². The van der Waals surface area contributed by atoms with Gasteiger partial charge in [0.1, 0.15) is 10.8 Å². The molecule has 4 aromatic rings. The van der Waals surface area contributed by atoms with Gasteiger partial charge in [-0.2, -0.15) is 0 Å². The maximum atomic E-state index is 13.1. The number of hydrogen-bond acceptors (Lipinski definition) is 6. The number of alkyl halides is 2. The molecule has 0 unspecified atom stereocenters. The van der Waals surface area contributed by atoms with Gasteiger partial charge in [-0.3, -0.25) is 0 Å². The lowest BCUT2D eigenvalue weighted by Crippen LogP contribution is -2.00. The number of rotatable bonds is 4. The van der Waals surface area contributed by atoms with Crippen molar-refractivity contribution in [3.8, 4) is 11.4 Å². The molecule has 0 aliphatic carbocycles. The molecule has 9 heteroatoms. The second-order valence-corrected chi connectivity index (χ2v) is 6.52. The van der Waals surface area contributed by atoms with E-state index in [0.717, 1.165) is 11.3 Å². The number of benzene rings is 1. The molecule has 4 rings (SSSR count). The molecule has 0 N–H and O–H groups in total. The lowest BCUT2D eigenvalue weighted by molar-refractivity contribution is 0.140. The number of aromatic nitrogens is 5. The minimum absolute atomic E-state index is 0.414. The Hall–Kier alpha value is -2.81. The highest BCUT2D eigenvalue weighted by atomic mass is 32.2. The highest BCUT2D eigenvalue weighted by molar-refractivity contribution is 7.99. The summed E-state index contributed by atoms with van der Waals surface area (Å²) in [5.74, 6) is 0.856. The van der Waals surface area contributed by atoms with Crippen LogP contribution in [-0.2, 0) is 7.05 Å². The maximum absolute atomic E-state index is 13.1. The fourth-order valence-corrected chi connectivity index (χ4v) is 3.48. The summed E-state index contributed by atoms with van der Waals surface area (Å²) in [6, 6.07) is 8.85. The molecule has 132 valence electrons. The first-order chi connectivity index (χ1) is 12.5. The Labute approximate surface area is 151 Å². The maximum Gasteiger partial charge on any atom is 0.297 e. The van der Waals surface area contributed by atoms with Crippen LogP contribution in [0.15, 0.2) is 51.2 Å². The molecular formula is C17H13F2N5OS. The van der Waals surface area contributed by atoms with E-state index in [0.29, 0.717) is 26.9 Å². The molecule has 0 atom stereocenters. The van der Waals surface area contributed by atoms with Crippen molar-refractivity contribution < 1.29 is 13.2 Å². The van der Waals surface area contributed by atoms with Crippen molar-refractivity contribution in [2.45, 2.75) is 23.5 Å². The number of nitrogens with zero attached hydrogens (tertiary/aromatic N) is 5. The second kappa shape index (κ2) is 6.49. The summed E-state index contributed by atoms with van der Waals surface area (Å²) >= 11 is 1.17. The molecule has 3 heterocycles. The van der Waals surface area contributed by atoms with E-state index in [9.17, 15) is 8.78 Å². The number of furan rings is 1. The largest absolute Gasteiger partial charge is 0.469 e. The molecule has 26 heavy (non-hydrogen) atoms. The monoisotopic (exact) mass is 373 g/mol. The average Bonchev–Trinajstić information content (AvgIpc) is 3.20. The van der Waals surface area contributed by atoms with Crippen molar-refractivity contribution in [1.82, 2.24) is 24.7 Å². The van der Waals surface area contributed by atoms with Gasteiger partial charge in [-0.1, -0.05) is 18.2 Å². The Kier molecular flexibility index (Phi) is 4.15. The van der Waals surface area contributed by atoms with Gasteiger partial charge in [-0.15, -0.1) is 10.2 Å². The molecule has 0 radical (unpaired) electrons. The van der Waals surface area contributed by atoms with E-state index in [1.54, 1.807) is 29.0 Å². The molecule has 0 aliphatic heterocycles. The van der Waals surface area contributed by atoms with Gasteiger partial charge in [0.2, 0.25) is 0 Å². The van der Waals surface area contributed by atoms with E-state index in [1.165, 1.54) is 11.8 Å². The van der Waals surface area contributed by atoms with Crippen LogP contribution < -0.4 is 0 Å². The summed E-state index contributed by atoms with van der Waals surface area (Å²) in [5.41, 5.74) is 1.29. The summed E-state index contributed by atoms with van der Waals surface area (Å²) in [4.78, 5) is 7.96. The van der Waals surface area contributed by atoms with Gasteiger partial charge in [0.05, 0.1) is 17.3 Å². The third-order valence-corrected chi connectivity index (χ3v) is 4.95. The minimum Gasteiger partial charge on any atom is -0.469 e. The highest BCUT2D eigenvalue weighted by Crippen LogP contribution is 2.33. The van der Waals surface area contributed by atoms with E-state index < -0.39 is 12.2 Å². The molecule has 0 spiro atoms. The number of halogens is 2. The molecule has 0 fully saturated rings. The SMILES string of the molecule is Cc1occc1-c1nnc(Sc2nc(C(F)F)nc3ccccc23)n1C. The van der Waals surface area contributed by atoms with E-state index >= 15 is 0 Å². The molecule has 1 aromatic carbocycles. The average molecular weight is 373 g/mol. The molecule has 0 saturated heterocycles. The first kappa shape index (κ1) is 16.6. The molecule has 0 amide bonds. The smallest absolute Gasteiger partial charge is 0.297 e. The zero-order valence-electron chi connectivity index (χ0n) is 13.8. The summed E-state index contributed by atoms with van der Waals surface area (Å²) in [6.45, 7) is 1.84. The van der Waals surface area contributed by atoms with Crippen LogP contribution in [0.4, 0.5) is 8.78 Å². The lowest BCUT2D eigenvalue weighted by atomic mass is 10.2. The standard InChI is InChI=1S/C17H13F2N5OS/c1-9-10(7-8-25-9)15-22-23-17(24(15)2)26-16-11-5-3-4-6-12(11)20-14(21-16)13(18)19/h3-8,13H,1-2H3. The molecule has 3 aromatic heterocycles. The van der Waals surface area contributed by atoms with Crippen LogP contribution >= 0.6 is 11.8 Å². The number of fused-ring (bicyclic) bond motifs is 1. The van der Waals surface area contributed by atoms with Crippen LogP contribution in [0.2, 0.25) is 0 Å². The summed E-state index contributed by atoms with van der Waals surface area (Å²) in [5, 5.41) is 10.0. The Morgan fingerprint density at radius 1 is 1.12 bits per heavy atom. The van der Waals surface area contributed by atoms with Gasteiger partial charge >= 0.3 is 0 Å². The van der Waals surface area contributed by atoms with Gasteiger partial charge in [0, 0.05) is 12.4 Å². The highest BCUT2D eigenvalue weighted by Gasteiger charge is 2.19. The van der Waals surface area contributed by atoms with Crippen LogP contribution in [-0.4, -0.2) is 24.7 Å². The van der Waals surface area contributed by atoms with Crippen molar-refractivity contribution in [2.75, 3.05) is 0 Å². The predicted molar refractivity (Wildman–Crippen MR) is 92.1 cm³/mol. The van der Waals surface area contributed by atoms with Gasteiger partial charge in [0.15, 0.2) is 16.8 Å². The molecule has 0 bridgehead atoms. The summed E-state index contributed by atoms with van der Waals surface area (Å²) in [6.07, 6.45) is -1.17. The topological polar surface area (TPSA) is 69.6 Å². The van der Waals surface area contributed by atoms with E-state index in [1.807, 2.05) is 26.1 Å². The second-order valence-electron chi connectivity index (χ2n) is 5.56. The molecule has 6 nitrogen and oxygen atoms in total. The predicted octanol–water partition coefficient (Wildman–Crippen LogP) is 4.42. The first-order valence-corrected chi connectivity index (χ1v) is 8.53. The van der Waals surface area contributed by atoms with Crippen molar-refractivity contribution in [3.05, 3.63) is 48.2 Å². The van der Waals surface area contributed by atoms with Crippen LogP contribution in [0.5, 0.6) is 0 Å². The fraction of sp³-hybridized carbons (Fsp3) is 0.176. The van der Waals surface area contributed by atoms with Gasteiger partial charge in [-0.05, 0) is 30.8 Å². The zero-order chi connectivity index (χ0) is 18.3. The third-order valence-electron chi connectivity index (χ3n) is 3.90. The number of hydrogen-bond donors (Lipinski definition) is 0. The minimum atomic E-state index is -2.75. The van der Waals surface area contributed by atoms with Crippen molar-refractivity contribution in [3.63, 3.8) is 0 Å². The molecule has 0 aliphatic rings. The third kappa shape index (κ3) is 2.84. The molecule has 0 saturated carbocycles. The Bertz CT molecular complexity index is 1090. The zero-order valence-corrected chi connectivity index (χ0v) is 14.7. The summed E-state index contributed by atoms with van der Waals surface area (Å²) < 4.78 is 33.4. The van der Waals surface area contributed by atoms with Crippen molar-refractivity contribution in [2.24, 2.45) is 7.05 Å². The van der Waals surface area contributed by atoms with E-state index in [4.69, 9.17) is 4.42 Å². The number of para-hydroxylation sites is 1. The Morgan fingerprint density at radius 3 is 2.65 bits per heavy atom. The Morgan fingerprint density at radius 2 is 1.92 bits per heavy atom. The lowest BCUT2D eigenvalue weighted by Gasteiger charge is -2.08. The quantitative estimate of drug-likeness (QED) is 0.493. The summed E-state index contributed by atoms with van der Waals surface area (Å²) in [7, 11) is 1.81. The molecular weight excluding hydrogens is 360 g/mol. The number of aryl methyl sites for hydroxylation is 1. The first-order valence-electron chi connectivity index (χ1n) is 7.71. The van der Waals surface area contributed by atoms with Crippen molar-refractivity contribution >= 4 is 22.7 Å². The van der Waals surface area contributed by atoms with Crippen LogP contribution in [0.1, 0.15) is 18.0 Å².